The van der Waals surface area contributed by atoms with Crippen LogP contribution in [0.15, 0.2) is 30.3 Å². The second kappa shape index (κ2) is 4.82. The van der Waals surface area contributed by atoms with Crippen molar-refractivity contribution >= 4 is 16.6 Å². The minimum absolute atomic E-state index is 0.449. The van der Waals surface area contributed by atoms with Gasteiger partial charge in [0.1, 0.15) is 0 Å². The number of nitrogens with two attached hydrogens (primary N) is 1. The predicted octanol–water partition coefficient (Wildman–Crippen LogP) is 2.72. The van der Waals surface area contributed by atoms with Crippen LogP contribution in [0.25, 0.3) is 10.9 Å². The number of para-hydroxylation sites is 1. The molecule has 1 saturated carbocycles. The van der Waals surface area contributed by atoms with Crippen LogP contribution in [0.5, 0.6) is 0 Å². The van der Waals surface area contributed by atoms with Gasteiger partial charge in [-0.05, 0) is 37.8 Å². The lowest BCUT2D eigenvalue weighted by molar-refractivity contribution is 0.571. The monoisotopic (exact) mass is 255 g/mol. The van der Waals surface area contributed by atoms with Crippen LogP contribution < -0.4 is 10.6 Å². The highest BCUT2D eigenvalue weighted by Crippen LogP contribution is 2.37. The van der Waals surface area contributed by atoms with Crippen molar-refractivity contribution in [3.05, 3.63) is 36.0 Å². The first-order valence-electron chi connectivity index (χ1n) is 7.00. The maximum Gasteiger partial charge on any atom is 0.0726 e. The zero-order valence-electron chi connectivity index (χ0n) is 11.6. The molecule has 0 saturated heterocycles. The Bertz CT molecular complexity index is 590. The number of hydrogen-bond donors (Lipinski definition) is 1. The Morgan fingerprint density at radius 2 is 2.11 bits per heavy atom. The summed E-state index contributed by atoms with van der Waals surface area (Å²) in [7, 11) is 2.16. The van der Waals surface area contributed by atoms with Crippen LogP contribution in [0.2, 0.25) is 0 Å². The Labute approximate surface area is 114 Å². The summed E-state index contributed by atoms with van der Waals surface area (Å²) in [6, 6.07) is 11.0. The van der Waals surface area contributed by atoms with Gasteiger partial charge in [-0.25, -0.2) is 0 Å². The molecule has 3 nitrogen and oxygen atoms in total. The molecule has 1 aliphatic carbocycles. The third kappa shape index (κ3) is 2.30. The zero-order chi connectivity index (χ0) is 13.4. The van der Waals surface area contributed by atoms with Crippen molar-refractivity contribution in [3.8, 4) is 0 Å². The van der Waals surface area contributed by atoms with Crippen molar-refractivity contribution in [2.45, 2.75) is 25.8 Å². The van der Waals surface area contributed by atoms with Gasteiger partial charge in [0.05, 0.1) is 5.52 Å². The van der Waals surface area contributed by atoms with E-state index in [1.807, 2.05) is 6.07 Å². The summed E-state index contributed by atoms with van der Waals surface area (Å²) in [6.07, 6.45) is 2.63. The standard InChI is InChI=1S/C16H21N3/c1-11-9-15(13-5-3-4-6-14(13)18-11)19(2)16(10-17)12-7-8-12/h3-6,9,12,16H,7-8,10,17H2,1-2H3. The summed E-state index contributed by atoms with van der Waals surface area (Å²) >= 11 is 0. The van der Waals surface area contributed by atoms with Gasteiger partial charge < -0.3 is 10.6 Å². The molecule has 0 amide bonds. The Morgan fingerprint density at radius 3 is 2.79 bits per heavy atom. The highest BCUT2D eigenvalue weighted by molar-refractivity contribution is 5.92. The van der Waals surface area contributed by atoms with Crippen LogP contribution in [0.3, 0.4) is 0 Å². The molecular formula is C16H21N3. The fraction of sp³-hybridized carbons (Fsp3) is 0.438. The number of benzene rings is 1. The molecule has 1 atom stereocenters. The zero-order valence-corrected chi connectivity index (χ0v) is 11.6. The van der Waals surface area contributed by atoms with Crippen LogP contribution in [0.4, 0.5) is 5.69 Å². The molecule has 1 aliphatic rings. The summed E-state index contributed by atoms with van der Waals surface area (Å²) < 4.78 is 0. The van der Waals surface area contributed by atoms with Gasteiger partial charge in [-0.1, -0.05) is 18.2 Å². The van der Waals surface area contributed by atoms with Crippen LogP contribution in [-0.4, -0.2) is 24.6 Å². The molecule has 1 unspecified atom stereocenters. The SMILES string of the molecule is Cc1cc(N(C)C(CN)C2CC2)c2ccccc2n1. The van der Waals surface area contributed by atoms with Crippen LogP contribution >= 0.6 is 0 Å². The summed E-state index contributed by atoms with van der Waals surface area (Å²) in [6.45, 7) is 2.77. The molecule has 1 heterocycles. The van der Waals surface area contributed by atoms with E-state index >= 15 is 0 Å². The smallest absolute Gasteiger partial charge is 0.0726 e. The van der Waals surface area contributed by atoms with Gasteiger partial charge in [0.2, 0.25) is 0 Å². The van der Waals surface area contributed by atoms with Crippen molar-refractivity contribution in [2.24, 2.45) is 11.7 Å². The third-order valence-corrected chi connectivity index (χ3v) is 4.11. The number of aryl methyl sites for hydroxylation is 1. The van der Waals surface area contributed by atoms with Crippen molar-refractivity contribution in [1.82, 2.24) is 4.98 Å². The number of likely N-dealkylation sites (N-methyl/N-ethyl adjacent to an activating group) is 1. The number of hydrogen-bond acceptors (Lipinski definition) is 3. The second-order valence-electron chi connectivity index (χ2n) is 5.55. The van der Waals surface area contributed by atoms with E-state index in [-0.39, 0.29) is 0 Å². The number of rotatable bonds is 4. The molecule has 1 fully saturated rings. The van der Waals surface area contributed by atoms with E-state index in [1.165, 1.54) is 23.9 Å². The Hall–Kier alpha value is -1.61. The van der Waals surface area contributed by atoms with Gasteiger partial charge in [-0.15, -0.1) is 0 Å². The topological polar surface area (TPSA) is 42.1 Å². The maximum absolute atomic E-state index is 5.98. The lowest BCUT2D eigenvalue weighted by Crippen LogP contribution is -2.39. The summed E-state index contributed by atoms with van der Waals surface area (Å²) in [5.74, 6) is 0.766. The van der Waals surface area contributed by atoms with Crippen molar-refractivity contribution in [2.75, 3.05) is 18.5 Å². The quantitative estimate of drug-likeness (QED) is 0.913. The second-order valence-corrected chi connectivity index (χ2v) is 5.55. The van der Waals surface area contributed by atoms with E-state index in [1.54, 1.807) is 0 Å². The van der Waals surface area contributed by atoms with Crippen molar-refractivity contribution in [3.63, 3.8) is 0 Å². The summed E-state index contributed by atoms with van der Waals surface area (Å²) in [4.78, 5) is 6.96. The van der Waals surface area contributed by atoms with E-state index in [2.05, 4.69) is 48.1 Å². The summed E-state index contributed by atoms with van der Waals surface area (Å²) in [5, 5.41) is 1.22. The van der Waals surface area contributed by atoms with E-state index in [0.29, 0.717) is 6.04 Å². The number of anilines is 1. The van der Waals surface area contributed by atoms with Crippen molar-refractivity contribution in [1.29, 1.82) is 0 Å². The third-order valence-electron chi connectivity index (χ3n) is 4.11. The number of nitrogens with zero attached hydrogens (tertiary/aromatic N) is 2. The van der Waals surface area contributed by atoms with Gasteiger partial charge in [0, 0.05) is 36.4 Å². The Kier molecular flexibility index (Phi) is 3.15. The van der Waals surface area contributed by atoms with Crippen molar-refractivity contribution < 1.29 is 0 Å². The fourth-order valence-electron chi connectivity index (χ4n) is 2.90. The van der Waals surface area contributed by atoms with Gasteiger partial charge in [-0.2, -0.15) is 0 Å². The van der Waals surface area contributed by atoms with E-state index in [4.69, 9.17) is 5.73 Å². The average Bonchev–Trinajstić information content (AvgIpc) is 3.23. The molecule has 3 heteroatoms. The minimum atomic E-state index is 0.449. The molecule has 0 aliphatic heterocycles. The Balaban J connectivity index is 2.07. The van der Waals surface area contributed by atoms with Gasteiger partial charge in [0.15, 0.2) is 0 Å². The van der Waals surface area contributed by atoms with Crippen LogP contribution in [0, 0.1) is 12.8 Å². The highest BCUT2D eigenvalue weighted by atomic mass is 15.2. The molecular weight excluding hydrogens is 234 g/mol. The number of pyridine rings is 1. The predicted molar refractivity (Wildman–Crippen MR) is 80.4 cm³/mol. The molecule has 1 aromatic heterocycles. The molecule has 2 aromatic rings. The lowest BCUT2D eigenvalue weighted by Gasteiger charge is -2.30. The van der Waals surface area contributed by atoms with E-state index in [9.17, 15) is 0 Å². The van der Waals surface area contributed by atoms with E-state index < -0.39 is 0 Å². The van der Waals surface area contributed by atoms with Crippen LogP contribution in [0.1, 0.15) is 18.5 Å². The lowest BCUT2D eigenvalue weighted by atomic mass is 10.1. The van der Waals surface area contributed by atoms with Crippen LogP contribution in [-0.2, 0) is 0 Å². The fourth-order valence-corrected chi connectivity index (χ4v) is 2.90. The molecule has 19 heavy (non-hydrogen) atoms. The molecule has 3 rings (SSSR count). The van der Waals surface area contributed by atoms with Gasteiger partial charge >= 0.3 is 0 Å². The number of fused-ring (bicyclic) bond motifs is 1. The molecule has 100 valence electrons. The Morgan fingerprint density at radius 1 is 1.37 bits per heavy atom. The highest BCUT2D eigenvalue weighted by Gasteiger charge is 2.33. The molecule has 1 aromatic carbocycles. The summed E-state index contributed by atoms with van der Waals surface area (Å²) in [5.41, 5.74) is 9.36. The first kappa shape index (κ1) is 12.4. The first-order valence-corrected chi connectivity index (χ1v) is 7.00. The normalized spacial score (nSPS) is 16.6. The van der Waals surface area contributed by atoms with Gasteiger partial charge in [0.25, 0.3) is 0 Å². The average molecular weight is 255 g/mol. The van der Waals surface area contributed by atoms with E-state index in [0.717, 1.165) is 23.7 Å². The first-order chi connectivity index (χ1) is 9.20. The largest absolute Gasteiger partial charge is 0.369 e. The number of aromatic nitrogens is 1. The molecule has 0 radical (unpaired) electrons. The molecule has 0 spiro atoms. The molecule has 2 N–H and O–H groups in total. The minimum Gasteiger partial charge on any atom is -0.369 e. The maximum atomic E-state index is 5.98. The molecule has 0 bridgehead atoms. The van der Waals surface area contributed by atoms with Gasteiger partial charge in [-0.3, -0.25) is 4.98 Å².